The summed E-state index contributed by atoms with van der Waals surface area (Å²) in [6.07, 6.45) is -3.00. The third-order valence-electron chi connectivity index (χ3n) is 3.79. The van der Waals surface area contributed by atoms with Crippen molar-refractivity contribution in [3.63, 3.8) is 0 Å². The van der Waals surface area contributed by atoms with Crippen LogP contribution in [0.15, 0.2) is 84.9 Å². The van der Waals surface area contributed by atoms with Gasteiger partial charge in [0.15, 0.2) is 0 Å². The van der Waals surface area contributed by atoms with Crippen LogP contribution in [0.2, 0.25) is 0 Å². The molecule has 0 heterocycles. The van der Waals surface area contributed by atoms with E-state index >= 15 is 0 Å². The fourth-order valence-electron chi connectivity index (χ4n) is 2.55. The minimum atomic E-state index is -4.76. The van der Waals surface area contributed by atoms with Gasteiger partial charge in [0.25, 0.3) is 5.91 Å². The molecule has 142 valence electrons. The predicted octanol–water partition coefficient (Wildman–Crippen LogP) is 5.76. The molecule has 3 nitrogen and oxygen atoms in total. The van der Waals surface area contributed by atoms with E-state index < -0.39 is 6.36 Å². The number of nitrogens with one attached hydrogen (secondary N) is 1. The molecule has 28 heavy (non-hydrogen) atoms. The van der Waals surface area contributed by atoms with Gasteiger partial charge in [-0.15, -0.1) is 13.2 Å². The molecule has 0 fully saturated rings. The third kappa shape index (κ3) is 5.48. The van der Waals surface area contributed by atoms with E-state index in [0.717, 1.165) is 23.3 Å². The lowest BCUT2D eigenvalue weighted by molar-refractivity contribution is -0.274. The summed E-state index contributed by atoms with van der Waals surface area (Å²) in [7, 11) is 0. The van der Waals surface area contributed by atoms with Crippen molar-refractivity contribution in [2.45, 2.75) is 6.36 Å². The fourth-order valence-corrected chi connectivity index (χ4v) is 2.55. The molecule has 0 saturated heterocycles. The number of hydrogen-bond donors (Lipinski definition) is 1. The van der Waals surface area contributed by atoms with Crippen molar-refractivity contribution < 1.29 is 22.7 Å². The molecular weight excluding hydrogens is 367 g/mol. The van der Waals surface area contributed by atoms with Gasteiger partial charge in [0, 0.05) is 11.3 Å². The molecule has 1 N–H and O–H groups in total. The molecule has 1 amide bonds. The van der Waals surface area contributed by atoms with Crippen molar-refractivity contribution in [2.24, 2.45) is 0 Å². The molecule has 0 saturated carbocycles. The SMILES string of the molecule is O=C(Nc1ccc(OC(F)(F)F)cc1)/C(=C/c1ccccc1)c1ccccc1. The van der Waals surface area contributed by atoms with Gasteiger partial charge in [-0.25, -0.2) is 0 Å². The summed E-state index contributed by atoms with van der Waals surface area (Å²) in [5.74, 6) is -0.729. The van der Waals surface area contributed by atoms with E-state index in [1.807, 2.05) is 60.7 Å². The van der Waals surface area contributed by atoms with Crippen molar-refractivity contribution in [3.05, 3.63) is 96.1 Å². The van der Waals surface area contributed by atoms with Crippen LogP contribution in [-0.4, -0.2) is 12.3 Å². The Hall–Kier alpha value is -3.54. The predicted molar refractivity (Wildman–Crippen MR) is 103 cm³/mol. The maximum Gasteiger partial charge on any atom is 0.573 e. The summed E-state index contributed by atoms with van der Waals surface area (Å²) in [5.41, 5.74) is 2.36. The lowest BCUT2D eigenvalue weighted by atomic mass is 10.0. The van der Waals surface area contributed by atoms with Gasteiger partial charge in [0.1, 0.15) is 5.75 Å². The first-order valence-corrected chi connectivity index (χ1v) is 8.40. The van der Waals surface area contributed by atoms with Gasteiger partial charge in [0.2, 0.25) is 0 Å². The molecule has 6 heteroatoms. The van der Waals surface area contributed by atoms with Gasteiger partial charge in [-0.05, 0) is 41.5 Å². The Morgan fingerprint density at radius 2 is 1.39 bits per heavy atom. The first kappa shape index (κ1) is 19.2. The second-order valence-electron chi connectivity index (χ2n) is 5.86. The number of ether oxygens (including phenoxy) is 1. The van der Waals surface area contributed by atoms with Crippen molar-refractivity contribution >= 4 is 23.2 Å². The molecule has 0 spiro atoms. The van der Waals surface area contributed by atoms with Crippen molar-refractivity contribution in [1.29, 1.82) is 0 Å². The van der Waals surface area contributed by atoms with Gasteiger partial charge in [-0.1, -0.05) is 60.7 Å². The van der Waals surface area contributed by atoms with Crippen molar-refractivity contribution in [2.75, 3.05) is 5.32 Å². The van der Waals surface area contributed by atoms with E-state index in [0.29, 0.717) is 11.3 Å². The molecule has 0 aliphatic rings. The summed E-state index contributed by atoms with van der Waals surface area (Å²) in [4.78, 5) is 12.8. The number of amides is 1. The van der Waals surface area contributed by atoms with Gasteiger partial charge < -0.3 is 10.1 Å². The van der Waals surface area contributed by atoms with E-state index in [1.54, 1.807) is 6.08 Å². The number of benzene rings is 3. The van der Waals surface area contributed by atoms with Crippen LogP contribution >= 0.6 is 0 Å². The van der Waals surface area contributed by atoms with E-state index in [2.05, 4.69) is 10.1 Å². The van der Waals surface area contributed by atoms with E-state index in [4.69, 9.17) is 0 Å². The topological polar surface area (TPSA) is 38.3 Å². The van der Waals surface area contributed by atoms with Crippen LogP contribution in [0.1, 0.15) is 11.1 Å². The number of hydrogen-bond acceptors (Lipinski definition) is 2. The lowest BCUT2D eigenvalue weighted by Gasteiger charge is -2.12. The van der Waals surface area contributed by atoms with Crippen LogP contribution in [0.4, 0.5) is 18.9 Å². The zero-order valence-corrected chi connectivity index (χ0v) is 14.6. The summed E-state index contributed by atoms with van der Waals surface area (Å²) < 4.78 is 40.6. The molecular formula is C22H16F3NO2. The fraction of sp³-hybridized carbons (Fsp3) is 0.0455. The second-order valence-corrected chi connectivity index (χ2v) is 5.86. The van der Waals surface area contributed by atoms with Crippen molar-refractivity contribution in [1.82, 2.24) is 0 Å². The molecule has 0 aromatic heterocycles. The van der Waals surface area contributed by atoms with Crippen LogP contribution in [0.5, 0.6) is 5.75 Å². The lowest BCUT2D eigenvalue weighted by Crippen LogP contribution is -2.17. The summed E-state index contributed by atoms with van der Waals surface area (Å²) in [6, 6.07) is 23.5. The molecule has 3 aromatic carbocycles. The normalized spacial score (nSPS) is 11.8. The van der Waals surface area contributed by atoms with Crippen LogP contribution in [0, 0.1) is 0 Å². The molecule has 0 bridgehead atoms. The molecule has 0 radical (unpaired) electrons. The van der Waals surface area contributed by atoms with Gasteiger partial charge >= 0.3 is 6.36 Å². The van der Waals surface area contributed by atoms with Crippen LogP contribution in [-0.2, 0) is 4.79 Å². The quantitative estimate of drug-likeness (QED) is 0.449. The highest BCUT2D eigenvalue weighted by Crippen LogP contribution is 2.25. The molecule has 3 aromatic rings. The summed E-state index contributed by atoms with van der Waals surface area (Å²) >= 11 is 0. The average Bonchev–Trinajstić information content (AvgIpc) is 2.68. The maximum absolute atomic E-state index is 12.8. The minimum Gasteiger partial charge on any atom is -0.406 e. The first-order valence-electron chi connectivity index (χ1n) is 8.40. The minimum absolute atomic E-state index is 0.353. The van der Waals surface area contributed by atoms with E-state index in [-0.39, 0.29) is 11.7 Å². The molecule has 3 rings (SSSR count). The Kier molecular flexibility index (Phi) is 5.79. The van der Waals surface area contributed by atoms with Crippen LogP contribution < -0.4 is 10.1 Å². The smallest absolute Gasteiger partial charge is 0.406 e. The zero-order valence-electron chi connectivity index (χ0n) is 14.6. The number of rotatable bonds is 5. The summed E-state index contributed by atoms with van der Waals surface area (Å²) in [6.45, 7) is 0. The number of carbonyl (C=O) groups is 1. The standard InChI is InChI=1S/C22H16F3NO2/c23-22(24,25)28-19-13-11-18(12-14-19)26-21(27)20(17-9-5-2-6-10-17)15-16-7-3-1-4-8-16/h1-15H,(H,26,27)/b20-15+. The van der Waals surface area contributed by atoms with E-state index in [1.165, 1.54) is 12.1 Å². The largest absolute Gasteiger partial charge is 0.573 e. The maximum atomic E-state index is 12.8. The van der Waals surface area contributed by atoms with Crippen molar-refractivity contribution in [3.8, 4) is 5.75 Å². The van der Waals surface area contributed by atoms with Gasteiger partial charge in [-0.3, -0.25) is 4.79 Å². The number of anilines is 1. The molecule has 0 aliphatic heterocycles. The Labute approximate surface area is 160 Å². The monoisotopic (exact) mass is 383 g/mol. The average molecular weight is 383 g/mol. The highest BCUT2D eigenvalue weighted by molar-refractivity contribution is 6.29. The number of carbonyl (C=O) groups excluding carboxylic acids is 1. The highest BCUT2D eigenvalue weighted by Gasteiger charge is 2.31. The Bertz CT molecular complexity index is 951. The number of alkyl halides is 3. The molecule has 0 aliphatic carbocycles. The zero-order chi connectivity index (χ0) is 20.0. The third-order valence-corrected chi connectivity index (χ3v) is 3.79. The highest BCUT2D eigenvalue weighted by atomic mass is 19.4. The van der Waals surface area contributed by atoms with Crippen LogP contribution in [0.25, 0.3) is 11.6 Å². The van der Waals surface area contributed by atoms with Gasteiger partial charge in [-0.2, -0.15) is 0 Å². The Morgan fingerprint density at radius 1 is 0.821 bits per heavy atom. The van der Waals surface area contributed by atoms with Gasteiger partial charge in [0.05, 0.1) is 0 Å². The summed E-state index contributed by atoms with van der Waals surface area (Å²) in [5, 5.41) is 2.71. The number of halogens is 3. The second kappa shape index (κ2) is 8.43. The Morgan fingerprint density at radius 3 is 1.96 bits per heavy atom. The molecule has 0 atom stereocenters. The Balaban J connectivity index is 1.83. The van der Waals surface area contributed by atoms with E-state index in [9.17, 15) is 18.0 Å². The first-order chi connectivity index (χ1) is 13.4. The van der Waals surface area contributed by atoms with Crippen LogP contribution in [0.3, 0.4) is 0 Å². The molecule has 0 unspecified atom stereocenters.